The maximum absolute atomic E-state index is 12.2. The number of anilines is 6. The standard InChI is InChI=1S/C23H18F3N7O2/c24-23(25,26)35-18-10-8-17(9-11-18)32-22(34)31-16-6-4-15(5-7-16)30-20-13-21(29-14-28-20)33-19-3-1-2-12-27-19/h1-14H,(H2,31,32,34)(H2,27,28,29,30,33). The lowest BCUT2D eigenvalue weighted by Crippen LogP contribution is -2.19. The van der Waals surface area contributed by atoms with Crippen LogP contribution in [0.25, 0.3) is 0 Å². The average Bonchev–Trinajstić information content (AvgIpc) is 2.82. The molecule has 12 heteroatoms. The minimum Gasteiger partial charge on any atom is -0.406 e. The summed E-state index contributed by atoms with van der Waals surface area (Å²) in [6.45, 7) is 0. The third-order valence-corrected chi connectivity index (χ3v) is 4.35. The minimum atomic E-state index is -4.78. The van der Waals surface area contributed by atoms with Gasteiger partial charge in [0.05, 0.1) is 0 Å². The summed E-state index contributed by atoms with van der Waals surface area (Å²) in [4.78, 5) is 24.7. The minimum absolute atomic E-state index is 0.300. The van der Waals surface area contributed by atoms with E-state index in [1.165, 1.54) is 18.5 Å². The molecule has 4 rings (SSSR count). The van der Waals surface area contributed by atoms with Gasteiger partial charge in [0.1, 0.15) is 29.5 Å². The van der Waals surface area contributed by atoms with Gasteiger partial charge in [-0.25, -0.2) is 19.7 Å². The molecule has 0 aliphatic rings. The number of carbonyl (C=O) groups excluding carboxylic acids is 1. The molecule has 0 saturated heterocycles. The predicted octanol–water partition coefficient (Wildman–Crippen LogP) is 5.90. The number of ether oxygens (including phenoxy) is 1. The van der Waals surface area contributed by atoms with E-state index in [1.807, 2.05) is 18.2 Å². The van der Waals surface area contributed by atoms with Crippen molar-refractivity contribution < 1.29 is 22.7 Å². The molecule has 178 valence electrons. The van der Waals surface area contributed by atoms with Gasteiger partial charge in [-0.3, -0.25) is 0 Å². The second kappa shape index (κ2) is 10.4. The quantitative estimate of drug-likeness (QED) is 0.260. The number of nitrogens with zero attached hydrogens (tertiary/aromatic N) is 3. The van der Waals surface area contributed by atoms with E-state index in [0.29, 0.717) is 28.8 Å². The smallest absolute Gasteiger partial charge is 0.406 e. The second-order valence-corrected chi connectivity index (χ2v) is 6.98. The van der Waals surface area contributed by atoms with Crippen LogP contribution in [-0.4, -0.2) is 27.3 Å². The van der Waals surface area contributed by atoms with Crippen LogP contribution in [0.1, 0.15) is 0 Å². The Bertz CT molecular complexity index is 1270. The van der Waals surface area contributed by atoms with Gasteiger partial charge in [-0.1, -0.05) is 6.07 Å². The summed E-state index contributed by atoms with van der Waals surface area (Å²) < 4.78 is 40.5. The van der Waals surface area contributed by atoms with E-state index in [4.69, 9.17) is 0 Å². The highest BCUT2D eigenvalue weighted by Crippen LogP contribution is 2.24. The molecule has 0 bridgehead atoms. The van der Waals surface area contributed by atoms with E-state index < -0.39 is 12.4 Å². The zero-order valence-electron chi connectivity index (χ0n) is 17.9. The third-order valence-electron chi connectivity index (χ3n) is 4.35. The highest BCUT2D eigenvalue weighted by Gasteiger charge is 2.30. The molecule has 0 saturated carbocycles. The van der Waals surface area contributed by atoms with Crippen molar-refractivity contribution in [2.45, 2.75) is 6.36 Å². The lowest BCUT2D eigenvalue weighted by atomic mass is 10.2. The van der Waals surface area contributed by atoms with E-state index in [1.54, 1.807) is 36.5 Å². The fraction of sp³-hybridized carbons (Fsp3) is 0.0435. The van der Waals surface area contributed by atoms with Crippen LogP contribution in [0.3, 0.4) is 0 Å². The highest BCUT2D eigenvalue weighted by molar-refractivity contribution is 5.99. The first-order chi connectivity index (χ1) is 16.8. The fourth-order valence-corrected chi connectivity index (χ4v) is 2.88. The lowest BCUT2D eigenvalue weighted by Gasteiger charge is -2.11. The van der Waals surface area contributed by atoms with E-state index in [2.05, 4.69) is 41.0 Å². The molecule has 2 aromatic carbocycles. The molecule has 0 unspecified atom stereocenters. The van der Waals surface area contributed by atoms with Crippen molar-refractivity contribution in [2.24, 2.45) is 0 Å². The Morgan fingerprint density at radius 3 is 1.91 bits per heavy atom. The number of carbonyl (C=O) groups is 1. The number of nitrogens with one attached hydrogen (secondary N) is 4. The number of amides is 2. The van der Waals surface area contributed by atoms with Crippen LogP contribution in [0.5, 0.6) is 5.75 Å². The molecule has 2 aromatic heterocycles. The number of rotatable bonds is 7. The Morgan fingerprint density at radius 2 is 1.31 bits per heavy atom. The van der Waals surface area contributed by atoms with Crippen LogP contribution in [0.4, 0.5) is 52.5 Å². The number of aromatic nitrogens is 3. The summed E-state index contributed by atoms with van der Waals surface area (Å²) in [7, 11) is 0. The predicted molar refractivity (Wildman–Crippen MR) is 125 cm³/mol. The summed E-state index contributed by atoms with van der Waals surface area (Å²) in [5, 5.41) is 11.4. The first kappa shape index (κ1) is 23.3. The molecule has 0 aliphatic heterocycles. The van der Waals surface area contributed by atoms with Gasteiger partial charge in [0.15, 0.2) is 0 Å². The summed E-state index contributed by atoms with van der Waals surface area (Å²) in [6, 6.07) is 18.3. The van der Waals surface area contributed by atoms with E-state index >= 15 is 0 Å². The first-order valence-corrected chi connectivity index (χ1v) is 10.1. The summed E-state index contributed by atoms with van der Waals surface area (Å²) >= 11 is 0. The summed E-state index contributed by atoms with van der Waals surface area (Å²) in [6.07, 6.45) is -1.70. The number of hydrogen-bond donors (Lipinski definition) is 4. The maximum atomic E-state index is 12.2. The average molecular weight is 481 g/mol. The van der Waals surface area contributed by atoms with Gasteiger partial charge in [-0.15, -0.1) is 13.2 Å². The Morgan fingerprint density at radius 1 is 0.714 bits per heavy atom. The number of alkyl halides is 3. The van der Waals surface area contributed by atoms with Gasteiger partial charge in [0.2, 0.25) is 0 Å². The molecule has 0 atom stereocenters. The Labute approximate surface area is 197 Å². The Kier molecular flexibility index (Phi) is 6.91. The topological polar surface area (TPSA) is 113 Å². The van der Waals surface area contributed by atoms with Gasteiger partial charge < -0.3 is 26.0 Å². The number of urea groups is 1. The largest absolute Gasteiger partial charge is 0.573 e. The molecule has 35 heavy (non-hydrogen) atoms. The number of hydrogen-bond acceptors (Lipinski definition) is 7. The van der Waals surface area contributed by atoms with Crippen molar-refractivity contribution in [2.75, 3.05) is 21.3 Å². The molecule has 2 heterocycles. The molecule has 4 aromatic rings. The first-order valence-electron chi connectivity index (χ1n) is 10.1. The zero-order chi connectivity index (χ0) is 24.7. The molecule has 0 radical (unpaired) electrons. The Balaban J connectivity index is 1.30. The van der Waals surface area contributed by atoms with Crippen LogP contribution in [0.2, 0.25) is 0 Å². The maximum Gasteiger partial charge on any atom is 0.573 e. The van der Waals surface area contributed by atoms with Crippen LogP contribution < -0.4 is 26.0 Å². The van der Waals surface area contributed by atoms with Gasteiger partial charge in [-0.05, 0) is 60.7 Å². The molecular formula is C23H18F3N7O2. The highest BCUT2D eigenvalue weighted by atomic mass is 19.4. The van der Waals surface area contributed by atoms with Gasteiger partial charge in [0, 0.05) is 29.3 Å². The van der Waals surface area contributed by atoms with Crippen LogP contribution in [0, 0.1) is 0 Å². The number of benzene rings is 2. The van der Waals surface area contributed by atoms with Gasteiger partial charge >= 0.3 is 12.4 Å². The molecule has 0 aliphatic carbocycles. The van der Waals surface area contributed by atoms with Crippen LogP contribution in [0.15, 0.2) is 85.3 Å². The van der Waals surface area contributed by atoms with Crippen molar-refractivity contribution in [1.82, 2.24) is 15.0 Å². The van der Waals surface area contributed by atoms with Crippen molar-refractivity contribution >= 4 is 40.5 Å². The van der Waals surface area contributed by atoms with Crippen LogP contribution in [-0.2, 0) is 0 Å². The van der Waals surface area contributed by atoms with Crippen molar-refractivity contribution in [3.05, 3.63) is 85.3 Å². The fourth-order valence-electron chi connectivity index (χ4n) is 2.88. The monoisotopic (exact) mass is 481 g/mol. The van der Waals surface area contributed by atoms with Gasteiger partial charge in [0.25, 0.3) is 0 Å². The normalized spacial score (nSPS) is 10.8. The molecular weight excluding hydrogens is 463 g/mol. The molecule has 9 nitrogen and oxygen atoms in total. The van der Waals surface area contributed by atoms with E-state index in [-0.39, 0.29) is 5.75 Å². The molecule has 4 N–H and O–H groups in total. The van der Waals surface area contributed by atoms with E-state index in [9.17, 15) is 18.0 Å². The Hall–Kier alpha value is -4.87. The van der Waals surface area contributed by atoms with Crippen molar-refractivity contribution in [3.63, 3.8) is 0 Å². The number of pyridine rings is 1. The molecule has 0 spiro atoms. The van der Waals surface area contributed by atoms with Crippen molar-refractivity contribution in [3.8, 4) is 5.75 Å². The van der Waals surface area contributed by atoms with Gasteiger partial charge in [-0.2, -0.15) is 0 Å². The molecule has 0 fully saturated rings. The lowest BCUT2D eigenvalue weighted by molar-refractivity contribution is -0.274. The second-order valence-electron chi connectivity index (χ2n) is 6.98. The van der Waals surface area contributed by atoms with Crippen LogP contribution >= 0.6 is 0 Å². The number of halogens is 3. The SMILES string of the molecule is O=C(Nc1ccc(Nc2cc(Nc3ccccn3)ncn2)cc1)Nc1ccc(OC(F)(F)F)cc1. The summed E-state index contributed by atoms with van der Waals surface area (Å²) in [5.41, 5.74) is 1.53. The summed E-state index contributed by atoms with van der Waals surface area (Å²) in [5.74, 6) is 1.38. The van der Waals surface area contributed by atoms with E-state index in [0.717, 1.165) is 17.8 Å². The third kappa shape index (κ3) is 7.32. The zero-order valence-corrected chi connectivity index (χ0v) is 17.9. The molecule has 2 amide bonds. The van der Waals surface area contributed by atoms with Crippen molar-refractivity contribution in [1.29, 1.82) is 0 Å².